The Morgan fingerprint density at radius 3 is 1.60 bits per heavy atom. The highest BCUT2D eigenvalue weighted by Crippen LogP contribution is 2.56. The van der Waals surface area contributed by atoms with E-state index in [1.807, 2.05) is 0 Å². The first kappa shape index (κ1) is 16.6. The van der Waals surface area contributed by atoms with Crippen LogP contribution in [0.15, 0.2) is 0 Å². The van der Waals surface area contributed by atoms with E-state index in [0.29, 0.717) is 12.8 Å². The molecule has 0 aromatic carbocycles. The molecule has 0 saturated carbocycles. The average molecular weight is 338 g/mol. The highest BCUT2D eigenvalue weighted by Gasteiger charge is 2.28. The summed E-state index contributed by atoms with van der Waals surface area (Å²) < 4.78 is 20.9. The van der Waals surface area contributed by atoms with E-state index in [2.05, 4.69) is 0 Å². The molecule has 3 nitrogen and oxygen atoms in total. The highest BCUT2D eigenvalue weighted by molar-refractivity contribution is 7.81. The second-order valence-corrected chi connectivity index (χ2v) is 6.67. The monoisotopic (exact) mass is 336 g/mol. The van der Waals surface area contributed by atoms with E-state index in [-0.39, 0.29) is 11.8 Å². The van der Waals surface area contributed by atoms with Crippen LogP contribution in [-0.4, -0.2) is 22.9 Å². The molecule has 0 amide bonds. The molecule has 0 aromatic rings. The summed E-state index contributed by atoms with van der Waals surface area (Å²) in [6.07, 6.45) is 0.595. The fraction of sp³-hybridized carbons (Fsp3) is 1.00. The fourth-order valence-electron chi connectivity index (χ4n) is 0.575. The third-order valence-corrected chi connectivity index (χ3v) is 3.94. The number of hydrogen-bond acceptors (Lipinski definition) is 3. The lowest BCUT2D eigenvalue weighted by atomic mass is 10.5. The Kier molecular flexibility index (Phi) is 9.58. The first-order chi connectivity index (χ1) is 6.91. The topological polar surface area (TPSA) is 35.5 Å². The molecule has 0 fully saturated rings. The van der Waals surface area contributed by atoms with Gasteiger partial charge in [0, 0.05) is 35.8 Å². The van der Waals surface area contributed by atoms with Crippen LogP contribution in [0.4, 0.5) is 0 Å². The van der Waals surface area contributed by atoms with Crippen molar-refractivity contribution in [1.82, 2.24) is 0 Å². The van der Waals surface area contributed by atoms with Gasteiger partial charge in [0.25, 0.3) is 0 Å². The average Bonchev–Trinajstić information content (AvgIpc) is 2.01. The molecule has 0 N–H and O–H groups in total. The van der Waals surface area contributed by atoms with E-state index in [1.165, 1.54) is 0 Å². The SMILES string of the molecule is O=P(Cl)(OC(Cl)CCCl)OC(Cl)CCCl. The van der Waals surface area contributed by atoms with E-state index in [1.54, 1.807) is 0 Å². The van der Waals surface area contributed by atoms with Crippen molar-refractivity contribution in [3.8, 4) is 0 Å². The number of rotatable bonds is 8. The molecular formula is C6H10Cl5O3P. The molecule has 2 atom stereocenters. The molecule has 0 aromatic heterocycles. The van der Waals surface area contributed by atoms with Gasteiger partial charge in [-0.05, 0) is 0 Å². The van der Waals surface area contributed by atoms with Crippen molar-refractivity contribution in [3.63, 3.8) is 0 Å². The van der Waals surface area contributed by atoms with E-state index < -0.39 is 18.1 Å². The van der Waals surface area contributed by atoms with Crippen LogP contribution in [0.5, 0.6) is 0 Å². The highest BCUT2D eigenvalue weighted by atomic mass is 35.7. The third kappa shape index (κ3) is 9.31. The van der Waals surface area contributed by atoms with Crippen LogP contribution in [0.25, 0.3) is 0 Å². The van der Waals surface area contributed by atoms with Crippen molar-refractivity contribution >= 4 is 64.6 Å². The Morgan fingerprint density at radius 2 is 1.33 bits per heavy atom. The molecule has 0 bridgehead atoms. The van der Waals surface area contributed by atoms with Crippen LogP contribution in [0, 0.1) is 0 Å². The molecule has 0 heterocycles. The molecule has 0 spiro atoms. The second kappa shape index (κ2) is 8.66. The second-order valence-electron chi connectivity index (χ2n) is 2.42. The normalized spacial score (nSPS) is 19.5. The molecule has 9 heteroatoms. The smallest absolute Gasteiger partial charge is 0.277 e. The predicted octanol–water partition coefficient (Wildman–Crippen LogP) is 4.75. The van der Waals surface area contributed by atoms with Crippen molar-refractivity contribution in [2.75, 3.05) is 11.8 Å². The largest absolute Gasteiger partial charge is 0.427 e. The van der Waals surface area contributed by atoms with Crippen LogP contribution in [0.1, 0.15) is 12.8 Å². The Bertz CT molecular complexity index is 199. The lowest BCUT2D eigenvalue weighted by Crippen LogP contribution is -2.08. The Labute approximate surface area is 114 Å². The fourth-order valence-corrected chi connectivity index (χ4v) is 3.67. The van der Waals surface area contributed by atoms with Gasteiger partial charge in [-0.15, -0.1) is 23.2 Å². The van der Waals surface area contributed by atoms with Gasteiger partial charge in [-0.3, -0.25) is 9.05 Å². The summed E-state index contributed by atoms with van der Waals surface area (Å²) in [6.45, 7) is -3.77. The maximum absolute atomic E-state index is 11.5. The third-order valence-electron chi connectivity index (χ3n) is 1.15. The molecule has 0 radical (unpaired) electrons. The summed E-state index contributed by atoms with van der Waals surface area (Å²) in [5.41, 5.74) is -1.74. The number of alkyl halides is 4. The van der Waals surface area contributed by atoms with Crippen LogP contribution in [-0.2, 0) is 13.6 Å². The minimum atomic E-state index is -3.77. The van der Waals surface area contributed by atoms with Gasteiger partial charge in [-0.1, -0.05) is 23.2 Å². The van der Waals surface area contributed by atoms with Crippen LogP contribution >= 0.6 is 64.6 Å². The van der Waals surface area contributed by atoms with E-state index in [0.717, 1.165) is 0 Å². The molecular weight excluding hydrogens is 328 g/mol. The minimum Gasteiger partial charge on any atom is -0.277 e. The molecule has 2 unspecified atom stereocenters. The van der Waals surface area contributed by atoms with Gasteiger partial charge in [-0.2, -0.15) is 0 Å². The van der Waals surface area contributed by atoms with Crippen molar-refractivity contribution in [1.29, 1.82) is 0 Å². The summed E-state index contributed by atoms with van der Waals surface area (Å²) in [5, 5.41) is 0. The molecule has 0 rings (SSSR count). The van der Waals surface area contributed by atoms with Crippen molar-refractivity contribution in [2.45, 2.75) is 24.0 Å². The van der Waals surface area contributed by atoms with Gasteiger partial charge in [0.1, 0.15) is 11.1 Å². The van der Waals surface area contributed by atoms with Gasteiger partial charge in [0.2, 0.25) is 0 Å². The lowest BCUT2D eigenvalue weighted by Gasteiger charge is -2.17. The summed E-state index contributed by atoms with van der Waals surface area (Å²) in [6, 6.07) is 0. The number of halogens is 5. The zero-order chi connectivity index (χ0) is 11.9. The molecule has 0 aliphatic heterocycles. The molecule has 0 saturated heterocycles. The maximum Gasteiger partial charge on any atom is 0.427 e. The van der Waals surface area contributed by atoms with E-state index in [9.17, 15) is 4.57 Å². The minimum absolute atomic E-state index is 0.261. The zero-order valence-corrected chi connectivity index (χ0v) is 12.2. The van der Waals surface area contributed by atoms with Gasteiger partial charge in [0.15, 0.2) is 0 Å². The van der Waals surface area contributed by atoms with Crippen LogP contribution in [0.3, 0.4) is 0 Å². The van der Waals surface area contributed by atoms with E-state index >= 15 is 0 Å². The first-order valence-corrected chi connectivity index (χ1v) is 8.37. The Hall–Kier alpha value is 1.60. The summed E-state index contributed by atoms with van der Waals surface area (Å²) >= 11 is 27.5. The quantitative estimate of drug-likeness (QED) is 0.473. The summed E-state index contributed by atoms with van der Waals surface area (Å²) in [4.78, 5) is 0. The standard InChI is InChI=1S/C6H10Cl5O3P/c7-3-1-5(9)13-15(11,12)14-6(10)2-4-8/h5-6H,1-4H2. The molecule has 0 aliphatic carbocycles. The van der Waals surface area contributed by atoms with Crippen LogP contribution in [0.2, 0.25) is 0 Å². The molecule has 92 valence electrons. The maximum atomic E-state index is 11.5. The zero-order valence-electron chi connectivity index (χ0n) is 7.54. The van der Waals surface area contributed by atoms with Crippen LogP contribution < -0.4 is 0 Å². The molecule has 15 heavy (non-hydrogen) atoms. The Balaban J connectivity index is 4.00. The van der Waals surface area contributed by atoms with Gasteiger partial charge in [-0.25, -0.2) is 4.57 Å². The lowest BCUT2D eigenvalue weighted by molar-refractivity contribution is 0.185. The summed E-state index contributed by atoms with van der Waals surface area (Å²) in [7, 11) is 0. The Morgan fingerprint density at radius 1 is 1.00 bits per heavy atom. The van der Waals surface area contributed by atoms with Crippen molar-refractivity contribution < 1.29 is 13.6 Å². The van der Waals surface area contributed by atoms with Gasteiger partial charge >= 0.3 is 6.95 Å². The first-order valence-electron chi connectivity index (χ1n) is 3.98. The van der Waals surface area contributed by atoms with E-state index in [4.69, 9.17) is 66.7 Å². The van der Waals surface area contributed by atoms with Gasteiger partial charge < -0.3 is 0 Å². The predicted molar refractivity (Wildman–Crippen MR) is 65.6 cm³/mol. The van der Waals surface area contributed by atoms with Gasteiger partial charge in [0.05, 0.1) is 0 Å². The van der Waals surface area contributed by atoms with Crippen molar-refractivity contribution in [3.05, 3.63) is 0 Å². The summed E-state index contributed by atoms with van der Waals surface area (Å²) in [5.74, 6) is 0.522. The molecule has 0 aliphatic rings. The van der Waals surface area contributed by atoms with Crippen molar-refractivity contribution in [2.24, 2.45) is 0 Å². The number of hydrogen-bond donors (Lipinski definition) is 0.